The molecule has 0 heterocycles. The SMILES string of the molecule is CCOc1ccc(Nc2c(C)cccc2N)cc1F. The zero-order valence-electron chi connectivity index (χ0n) is 11.0. The van der Waals surface area contributed by atoms with Crippen molar-refractivity contribution in [2.24, 2.45) is 0 Å². The third kappa shape index (κ3) is 2.96. The molecule has 0 aromatic heterocycles. The van der Waals surface area contributed by atoms with E-state index >= 15 is 0 Å². The summed E-state index contributed by atoms with van der Waals surface area (Å²) >= 11 is 0. The van der Waals surface area contributed by atoms with Crippen molar-refractivity contribution in [1.29, 1.82) is 0 Å². The largest absolute Gasteiger partial charge is 0.491 e. The van der Waals surface area contributed by atoms with Crippen LogP contribution in [0.4, 0.5) is 21.5 Å². The Morgan fingerprint density at radius 2 is 2.05 bits per heavy atom. The Balaban J connectivity index is 2.27. The summed E-state index contributed by atoms with van der Waals surface area (Å²) in [5, 5.41) is 3.13. The summed E-state index contributed by atoms with van der Waals surface area (Å²) in [5.41, 5.74) is 8.98. The van der Waals surface area contributed by atoms with Gasteiger partial charge in [-0.3, -0.25) is 0 Å². The molecule has 0 fully saturated rings. The van der Waals surface area contributed by atoms with Crippen LogP contribution in [0, 0.1) is 12.7 Å². The fraction of sp³-hybridized carbons (Fsp3) is 0.200. The highest BCUT2D eigenvalue weighted by molar-refractivity contribution is 5.75. The monoisotopic (exact) mass is 260 g/mol. The molecule has 0 bridgehead atoms. The number of benzene rings is 2. The van der Waals surface area contributed by atoms with Crippen molar-refractivity contribution >= 4 is 17.1 Å². The third-order valence-corrected chi connectivity index (χ3v) is 2.81. The average Bonchev–Trinajstić information content (AvgIpc) is 2.37. The van der Waals surface area contributed by atoms with E-state index in [2.05, 4.69) is 5.32 Å². The minimum absolute atomic E-state index is 0.255. The highest BCUT2D eigenvalue weighted by Crippen LogP contribution is 2.28. The van der Waals surface area contributed by atoms with Crippen molar-refractivity contribution in [2.75, 3.05) is 17.7 Å². The molecule has 0 unspecified atom stereocenters. The molecule has 0 aliphatic rings. The first-order chi connectivity index (χ1) is 9.11. The Morgan fingerprint density at radius 3 is 2.68 bits per heavy atom. The zero-order valence-corrected chi connectivity index (χ0v) is 11.0. The van der Waals surface area contributed by atoms with Crippen LogP contribution in [0.5, 0.6) is 5.75 Å². The number of hydrogen-bond donors (Lipinski definition) is 2. The van der Waals surface area contributed by atoms with Crippen LogP contribution in [-0.2, 0) is 0 Å². The Morgan fingerprint density at radius 1 is 1.26 bits per heavy atom. The topological polar surface area (TPSA) is 47.3 Å². The molecule has 100 valence electrons. The van der Waals surface area contributed by atoms with Gasteiger partial charge >= 0.3 is 0 Å². The van der Waals surface area contributed by atoms with E-state index < -0.39 is 0 Å². The maximum atomic E-state index is 13.7. The first-order valence-corrected chi connectivity index (χ1v) is 6.16. The fourth-order valence-corrected chi connectivity index (χ4v) is 1.86. The number of para-hydroxylation sites is 1. The average molecular weight is 260 g/mol. The van der Waals surface area contributed by atoms with Crippen LogP contribution >= 0.6 is 0 Å². The zero-order chi connectivity index (χ0) is 13.8. The Kier molecular flexibility index (Phi) is 3.90. The summed E-state index contributed by atoms with van der Waals surface area (Å²) < 4.78 is 18.9. The summed E-state index contributed by atoms with van der Waals surface area (Å²) in [6.07, 6.45) is 0. The summed E-state index contributed by atoms with van der Waals surface area (Å²) in [5.74, 6) is -0.134. The molecule has 0 atom stereocenters. The van der Waals surface area contributed by atoms with E-state index in [9.17, 15) is 4.39 Å². The van der Waals surface area contributed by atoms with Gasteiger partial charge < -0.3 is 15.8 Å². The molecule has 2 rings (SSSR count). The second-order valence-corrected chi connectivity index (χ2v) is 4.24. The van der Waals surface area contributed by atoms with E-state index in [1.807, 2.05) is 26.0 Å². The van der Waals surface area contributed by atoms with Crippen molar-refractivity contribution < 1.29 is 9.13 Å². The lowest BCUT2D eigenvalue weighted by Gasteiger charge is -2.13. The number of rotatable bonds is 4. The number of anilines is 3. The number of hydrogen-bond acceptors (Lipinski definition) is 3. The number of ether oxygens (including phenoxy) is 1. The van der Waals surface area contributed by atoms with Crippen LogP contribution in [0.3, 0.4) is 0 Å². The maximum Gasteiger partial charge on any atom is 0.167 e. The van der Waals surface area contributed by atoms with E-state index in [0.29, 0.717) is 18.0 Å². The van der Waals surface area contributed by atoms with Crippen molar-refractivity contribution in [1.82, 2.24) is 0 Å². The van der Waals surface area contributed by atoms with E-state index in [-0.39, 0.29) is 11.6 Å². The lowest BCUT2D eigenvalue weighted by molar-refractivity contribution is 0.321. The van der Waals surface area contributed by atoms with Crippen LogP contribution in [0.25, 0.3) is 0 Å². The molecule has 0 aliphatic heterocycles. The lowest BCUT2D eigenvalue weighted by atomic mass is 10.1. The number of halogens is 1. The van der Waals surface area contributed by atoms with Gasteiger partial charge in [-0.15, -0.1) is 0 Å². The molecule has 0 aliphatic carbocycles. The predicted molar refractivity (Wildman–Crippen MR) is 76.4 cm³/mol. The number of aryl methyl sites for hydroxylation is 1. The van der Waals surface area contributed by atoms with Crippen molar-refractivity contribution in [3.8, 4) is 5.75 Å². The standard InChI is InChI=1S/C15H17FN2O/c1-3-19-14-8-7-11(9-12(14)16)18-15-10(2)5-4-6-13(15)17/h4-9,18H,3,17H2,1-2H3. The number of nitrogens with two attached hydrogens (primary N) is 1. The van der Waals surface area contributed by atoms with Crippen LogP contribution in [0.1, 0.15) is 12.5 Å². The Bertz CT molecular complexity index is 564. The summed E-state index contributed by atoms with van der Waals surface area (Å²) in [6.45, 7) is 4.21. The van der Waals surface area contributed by atoms with Gasteiger partial charge in [-0.25, -0.2) is 4.39 Å². The van der Waals surface area contributed by atoms with E-state index in [0.717, 1.165) is 11.3 Å². The Labute approximate surface area is 112 Å². The molecular formula is C15H17FN2O. The van der Waals surface area contributed by atoms with Crippen LogP contribution in [0.15, 0.2) is 36.4 Å². The smallest absolute Gasteiger partial charge is 0.167 e. The number of nitrogen functional groups attached to an aromatic ring is 1. The second kappa shape index (κ2) is 5.61. The van der Waals surface area contributed by atoms with Gasteiger partial charge in [-0.2, -0.15) is 0 Å². The molecule has 3 nitrogen and oxygen atoms in total. The van der Waals surface area contributed by atoms with Crippen LogP contribution in [0.2, 0.25) is 0 Å². The molecule has 2 aromatic carbocycles. The highest BCUT2D eigenvalue weighted by Gasteiger charge is 2.07. The van der Waals surface area contributed by atoms with E-state index in [4.69, 9.17) is 10.5 Å². The molecule has 0 saturated carbocycles. The van der Waals surface area contributed by atoms with Gasteiger partial charge in [0.05, 0.1) is 18.0 Å². The van der Waals surface area contributed by atoms with Gasteiger partial charge in [0, 0.05) is 11.8 Å². The summed E-state index contributed by atoms with van der Waals surface area (Å²) in [6, 6.07) is 10.4. The van der Waals surface area contributed by atoms with Crippen molar-refractivity contribution in [3.05, 3.63) is 47.8 Å². The first kappa shape index (κ1) is 13.2. The molecule has 3 N–H and O–H groups in total. The Hall–Kier alpha value is -2.23. The third-order valence-electron chi connectivity index (χ3n) is 2.81. The quantitative estimate of drug-likeness (QED) is 0.821. The molecule has 19 heavy (non-hydrogen) atoms. The van der Waals surface area contributed by atoms with Gasteiger partial charge in [0.1, 0.15) is 0 Å². The first-order valence-electron chi connectivity index (χ1n) is 6.16. The molecule has 0 amide bonds. The molecule has 2 aromatic rings. The summed E-state index contributed by atoms with van der Waals surface area (Å²) in [7, 11) is 0. The van der Waals surface area contributed by atoms with Gasteiger partial charge in [-0.05, 0) is 37.6 Å². The molecule has 0 spiro atoms. The normalized spacial score (nSPS) is 10.3. The van der Waals surface area contributed by atoms with E-state index in [1.165, 1.54) is 6.07 Å². The summed E-state index contributed by atoms with van der Waals surface area (Å²) in [4.78, 5) is 0. The van der Waals surface area contributed by atoms with Crippen molar-refractivity contribution in [2.45, 2.75) is 13.8 Å². The minimum atomic E-state index is -0.390. The van der Waals surface area contributed by atoms with Crippen molar-refractivity contribution in [3.63, 3.8) is 0 Å². The van der Waals surface area contributed by atoms with Gasteiger partial charge in [-0.1, -0.05) is 12.1 Å². The van der Waals surface area contributed by atoms with Crippen LogP contribution < -0.4 is 15.8 Å². The van der Waals surface area contributed by atoms with Gasteiger partial charge in [0.2, 0.25) is 0 Å². The highest BCUT2D eigenvalue weighted by atomic mass is 19.1. The van der Waals surface area contributed by atoms with Gasteiger partial charge in [0.25, 0.3) is 0 Å². The van der Waals surface area contributed by atoms with Gasteiger partial charge in [0.15, 0.2) is 11.6 Å². The minimum Gasteiger partial charge on any atom is -0.491 e. The molecule has 0 saturated heterocycles. The molecule has 0 radical (unpaired) electrons. The lowest BCUT2D eigenvalue weighted by Crippen LogP contribution is -2.00. The molecule has 4 heteroatoms. The fourth-order valence-electron chi connectivity index (χ4n) is 1.86. The second-order valence-electron chi connectivity index (χ2n) is 4.24. The van der Waals surface area contributed by atoms with E-state index in [1.54, 1.807) is 18.2 Å². The maximum absolute atomic E-state index is 13.7. The predicted octanol–water partition coefficient (Wildman–Crippen LogP) is 3.86. The van der Waals surface area contributed by atoms with Crippen LogP contribution in [-0.4, -0.2) is 6.61 Å². The molecular weight excluding hydrogens is 243 g/mol. The number of nitrogens with one attached hydrogen (secondary N) is 1.